The molecule has 116 valence electrons. The molecule has 0 radical (unpaired) electrons. The highest BCUT2D eigenvalue weighted by Gasteiger charge is 2.31. The monoisotopic (exact) mass is 299 g/mol. The van der Waals surface area contributed by atoms with E-state index < -0.39 is 0 Å². The molecule has 3 unspecified atom stereocenters. The molecular formula is C17H21N3O2. The van der Waals surface area contributed by atoms with Crippen LogP contribution in [0.3, 0.4) is 0 Å². The van der Waals surface area contributed by atoms with Gasteiger partial charge in [-0.05, 0) is 43.0 Å². The molecule has 1 saturated heterocycles. The Morgan fingerprint density at radius 2 is 2.18 bits per heavy atom. The first-order valence-electron chi connectivity index (χ1n) is 7.67. The number of carbonyl (C=O) groups excluding carboxylic acids is 1. The van der Waals surface area contributed by atoms with Gasteiger partial charge in [-0.3, -0.25) is 4.79 Å². The Labute approximate surface area is 130 Å². The average Bonchev–Trinajstić information content (AvgIpc) is 3.18. The normalized spacial score (nSPS) is 22.5. The van der Waals surface area contributed by atoms with Gasteiger partial charge in [-0.2, -0.15) is 5.10 Å². The molecule has 3 atom stereocenters. The van der Waals surface area contributed by atoms with Crippen molar-refractivity contribution in [1.82, 2.24) is 15.1 Å². The molecule has 0 spiro atoms. The largest absolute Gasteiger partial charge is 0.368 e. The van der Waals surface area contributed by atoms with Gasteiger partial charge in [0, 0.05) is 19.0 Å². The van der Waals surface area contributed by atoms with Gasteiger partial charge in [0.05, 0.1) is 11.7 Å². The second-order valence-corrected chi connectivity index (χ2v) is 5.83. The van der Waals surface area contributed by atoms with Gasteiger partial charge in [0.2, 0.25) is 5.91 Å². The second-order valence-electron chi connectivity index (χ2n) is 5.83. The lowest BCUT2D eigenvalue weighted by Crippen LogP contribution is -2.38. The van der Waals surface area contributed by atoms with Gasteiger partial charge < -0.3 is 10.1 Å². The molecule has 1 aliphatic rings. The highest BCUT2D eigenvalue weighted by Crippen LogP contribution is 2.22. The van der Waals surface area contributed by atoms with E-state index in [0.717, 1.165) is 17.7 Å². The summed E-state index contributed by atoms with van der Waals surface area (Å²) in [7, 11) is 0. The Bertz CT molecular complexity index is 622. The summed E-state index contributed by atoms with van der Waals surface area (Å²) in [6.07, 6.45) is 4.29. The van der Waals surface area contributed by atoms with Crippen molar-refractivity contribution in [2.24, 2.45) is 5.92 Å². The molecule has 0 saturated carbocycles. The number of rotatable bonds is 4. The van der Waals surface area contributed by atoms with E-state index in [-0.39, 0.29) is 24.0 Å². The topological polar surface area (TPSA) is 56.1 Å². The highest BCUT2D eigenvalue weighted by molar-refractivity contribution is 5.81. The van der Waals surface area contributed by atoms with E-state index in [1.54, 1.807) is 10.9 Å². The van der Waals surface area contributed by atoms with Crippen molar-refractivity contribution in [1.29, 1.82) is 0 Å². The minimum absolute atomic E-state index is 0.0198. The fraction of sp³-hybridized carbons (Fsp3) is 0.412. The molecule has 22 heavy (non-hydrogen) atoms. The third-order valence-corrected chi connectivity index (χ3v) is 4.17. The number of benzene rings is 1. The van der Waals surface area contributed by atoms with Gasteiger partial charge in [0.25, 0.3) is 0 Å². The number of nitrogens with one attached hydrogen (secondary N) is 1. The van der Waals surface area contributed by atoms with Crippen LogP contribution in [0.4, 0.5) is 0 Å². The minimum atomic E-state index is -0.314. The fourth-order valence-corrected chi connectivity index (χ4v) is 2.75. The Kier molecular flexibility index (Phi) is 4.24. The fourth-order valence-electron chi connectivity index (χ4n) is 2.75. The Morgan fingerprint density at radius 3 is 2.77 bits per heavy atom. The predicted octanol–water partition coefficient (Wildman–Crippen LogP) is 2.47. The Balaban J connectivity index is 1.65. The van der Waals surface area contributed by atoms with Crippen molar-refractivity contribution < 1.29 is 9.53 Å². The first-order valence-corrected chi connectivity index (χ1v) is 7.67. The maximum Gasteiger partial charge on any atom is 0.249 e. The molecule has 1 fully saturated rings. The van der Waals surface area contributed by atoms with Gasteiger partial charge in [0.15, 0.2) is 0 Å². The first kappa shape index (κ1) is 14.8. The van der Waals surface area contributed by atoms with Crippen LogP contribution in [0, 0.1) is 5.92 Å². The zero-order valence-corrected chi connectivity index (χ0v) is 12.9. The molecule has 1 aromatic heterocycles. The van der Waals surface area contributed by atoms with E-state index in [2.05, 4.69) is 17.3 Å². The molecule has 1 aliphatic heterocycles. The molecule has 3 rings (SSSR count). The lowest BCUT2D eigenvalue weighted by molar-refractivity contribution is -0.132. The van der Waals surface area contributed by atoms with Crippen LogP contribution in [0.25, 0.3) is 5.69 Å². The Morgan fingerprint density at radius 1 is 1.41 bits per heavy atom. The number of amides is 1. The van der Waals surface area contributed by atoms with Crippen molar-refractivity contribution in [3.8, 4) is 5.69 Å². The Hall–Kier alpha value is -2.14. The summed E-state index contributed by atoms with van der Waals surface area (Å²) in [6, 6.07) is 9.87. The van der Waals surface area contributed by atoms with E-state index in [1.807, 2.05) is 43.5 Å². The number of hydrogen-bond acceptors (Lipinski definition) is 3. The maximum atomic E-state index is 12.2. The summed E-state index contributed by atoms with van der Waals surface area (Å²) in [5, 5.41) is 7.24. The van der Waals surface area contributed by atoms with Crippen molar-refractivity contribution in [3.63, 3.8) is 0 Å². The van der Waals surface area contributed by atoms with Crippen LogP contribution in [0.2, 0.25) is 0 Å². The zero-order valence-electron chi connectivity index (χ0n) is 12.9. The predicted molar refractivity (Wildman–Crippen MR) is 83.6 cm³/mol. The summed E-state index contributed by atoms with van der Waals surface area (Å²) in [5.74, 6) is 0.267. The minimum Gasteiger partial charge on any atom is -0.368 e. The molecule has 5 nitrogen and oxygen atoms in total. The van der Waals surface area contributed by atoms with Crippen LogP contribution in [-0.4, -0.2) is 28.4 Å². The summed E-state index contributed by atoms with van der Waals surface area (Å²) in [5.41, 5.74) is 2.06. The smallest absolute Gasteiger partial charge is 0.249 e. The maximum absolute atomic E-state index is 12.2. The lowest BCUT2D eigenvalue weighted by atomic mass is 10.0. The second kappa shape index (κ2) is 6.32. The standard InChI is InChI=1S/C17H21N3O2/c1-12-8-11-22-16(12)17(21)19-13(2)14-4-6-15(7-5-14)20-10-3-9-18-20/h3-7,9-10,12-13,16H,8,11H2,1-2H3,(H,19,21). The molecule has 2 aromatic rings. The molecule has 1 N–H and O–H groups in total. The quantitative estimate of drug-likeness (QED) is 0.943. The summed E-state index contributed by atoms with van der Waals surface area (Å²) in [4.78, 5) is 12.2. The van der Waals surface area contributed by atoms with Gasteiger partial charge >= 0.3 is 0 Å². The molecule has 5 heteroatoms. The lowest BCUT2D eigenvalue weighted by Gasteiger charge is -2.19. The van der Waals surface area contributed by atoms with Crippen LogP contribution in [0.15, 0.2) is 42.7 Å². The van der Waals surface area contributed by atoms with Gasteiger partial charge in [-0.15, -0.1) is 0 Å². The van der Waals surface area contributed by atoms with E-state index >= 15 is 0 Å². The molecule has 1 amide bonds. The van der Waals surface area contributed by atoms with Gasteiger partial charge in [-0.1, -0.05) is 19.1 Å². The van der Waals surface area contributed by atoms with Crippen LogP contribution in [0.5, 0.6) is 0 Å². The number of hydrogen-bond donors (Lipinski definition) is 1. The van der Waals surface area contributed by atoms with Crippen LogP contribution < -0.4 is 5.32 Å². The van der Waals surface area contributed by atoms with E-state index in [0.29, 0.717) is 6.61 Å². The SMILES string of the molecule is CC(NC(=O)C1OCCC1C)c1ccc(-n2cccn2)cc1. The average molecular weight is 299 g/mol. The van der Waals surface area contributed by atoms with Gasteiger partial charge in [-0.25, -0.2) is 4.68 Å². The highest BCUT2D eigenvalue weighted by atomic mass is 16.5. The van der Waals surface area contributed by atoms with Crippen LogP contribution >= 0.6 is 0 Å². The van der Waals surface area contributed by atoms with Crippen LogP contribution in [-0.2, 0) is 9.53 Å². The van der Waals surface area contributed by atoms with Gasteiger partial charge in [0.1, 0.15) is 6.10 Å². The van der Waals surface area contributed by atoms with Crippen molar-refractivity contribution >= 4 is 5.91 Å². The number of carbonyl (C=O) groups is 1. The van der Waals surface area contributed by atoms with Crippen molar-refractivity contribution in [2.75, 3.05) is 6.61 Å². The number of aromatic nitrogens is 2. The molecular weight excluding hydrogens is 278 g/mol. The van der Waals surface area contributed by atoms with E-state index in [1.165, 1.54) is 0 Å². The molecule has 2 heterocycles. The molecule has 0 aliphatic carbocycles. The molecule has 0 bridgehead atoms. The number of nitrogens with zero attached hydrogens (tertiary/aromatic N) is 2. The van der Waals surface area contributed by atoms with E-state index in [4.69, 9.17) is 4.74 Å². The summed E-state index contributed by atoms with van der Waals surface area (Å²) >= 11 is 0. The van der Waals surface area contributed by atoms with Crippen molar-refractivity contribution in [2.45, 2.75) is 32.4 Å². The van der Waals surface area contributed by atoms with Crippen molar-refractivity contribution in [3.05, 3.63) is 48.3 Å². The summed E-state index contributed by atoms with van der Waals surface area (Å²) in [6.45, 7) is 4.72. The first-order chi connectivity index (χ1) is 10.6. The summed E-state index contributed by atoms with van der Waals surface area (Å²) < 4.78 is 7.31. The van der Waals surface area contributed by atoms with Crippen LogP contribution in [0.1, 0.15) is 31.9 Å². The zero-order chi connectivity index (χ0) is 15.5. The third-order valence-electron chi connectivity index (χ3n) is 4.17. The third kappa shape index (κ3) is 3.04. The number of ether oxygens (including phenoxy) is 1. The molecule has 1 aromatic carbocycles. The van der Waals surface area contributed by atoms with E-state index in [9.17, 15) is 4.79 Å².